The average molecular weight is 473 g/mol. The Morgan fingerprint density at radius 3 is 2.36 bits per heavy atom. The van der Waals surface area contributed by atoms with Crippen LogP contribution < -0.4 is 5.32 Å². The van der Waals surface area contributed by atoms with Crippen molar-refractivity contribution >= 4 is 33.4 Å². The van der Waals surface area contributed by atoms with Gasteiger partial charge in [0.05, 0.1) is 11.3 Å². The van der Waals surface area contributed by atoms with Crippen LogP contribution in [-0.4, -0.2) is 50.1 Å². The van der Waals surface area contributed by atoms with Crippen LogP contribution in [-0.2, 0) is 24.3 Å². The second-order valence-corrected chi connectivity index (χ2v) is 9.85. The summed E-state index contributed by atoms with van der Waals surface area (Å²) in [7, 11) is -3.65. The van der Waals surface area contributed by atoms with Crippen molar-refractivity contribution in [3.63, 3.8) is 0 Å². The van der Waals surface area contributed by atoms with Gasteiger partial charge in [-0.05, 0) is 37.5 Å². The number of amides is 1. The van der Waals surface area contributed by atoms with Crippen LogP contribution in [0.5, 0.6) is 0 Å². The standard InChI is InChI=1S/C24H28N2O6S/c1-18-10-11-20(16-22(18)33(30,31)26-14-6-3-7-15-26)25-23(28)17-32-24(29)13-12-21(27)19-8-4-2-5-9-19/h2,4-5,8-11,16H,3,6-7,12-15,17H2,1H3,(H,25,28). The molecule has 1 heterocycles. The molecule has 0 atom stereocenters. The van der Waals surface area contributed by atoms with Crippen LogP contribution in [0.3, 0.4) is 0 Å². The molecule has 1 amide bonds. The lowest BCUT2D eigenvalue weighted by molar-refractivity contribution is -0.147. The summed E-state index contributed by atoms with van der Waals surface area (Å²) in [5.41, 5.74) is 1.40. The maximum Gasteiger partial charge on any atom is 0.306 e. The van der Waals surface area contributed by atoms with E-state index in [-0.39, 0.29) is 23.5 Å². The van der Waals surface area contributed by atoms with Crippen LogP contribution >= 0.6 is 0 Å². The van der Waals surface area contributed by atoms with Gasteiger partial charge in [-0.2, -0.15) is 4.31 Å². The Hall–Kier alpha value is -3.04. The van der Waals surface area contributed by atoms with Crippen LogP contribution in [0.1, 0.15) is 48.0 Å². The van der Waals surface area contributed by atoms with Crippen LogP contribution in [0.25, 0.3) is 0 Å². The highest BCUT2D eigenvalue weighted by Crippen LogP contribution is 2.26. The van der Waals surface area contributed by atoms with E-state index >= 15 is 0 Å². The number of benzene rings is 2. The van der Waals surface area contributed by atoms with Crippen molar-refractivity contribution in [2.75, 3.05) is 25.0 Å². The summed E-state index contributed by atoms with van der Waals surface area (Å²) in [5.74, 6) is -1.44. The fourth-order valence-corrected chi connectivity index (χ4v) is 5.37. The molecule has 0 aliphatic carbocycles. The number of piperidine rings is 1. The number of Topliss-reactive ketones (excluding diaryl/α,β-unsaturated/α-hetero) is 1. The Morgan fingerprint density at radius 2 is 1.67 bits per heavy atom. The van der Waals surface area contributed by atoms with Crippen LogP contribution in [0.2, 0.25) is 0 Å². The number of hydrogen-bond donors (Lipinski definition) is 1. The van der Waals surface area contributed by atoms with E-state index in [2.05, 4.69) is 5.32 Å². The summed E-state index contributed by atoms with van der Waals surface area (Å²) in [4.78, 5) is 36.3. The molecular formula is C24H28N2O6S. The minimum Gasteiger partial charge on any atom is -0.456 e. The number of ketones is 1. The quantitative estimate of drug-likeness (QED) is 0.443. The third kappa shape index (κ3) is 6.72. The van der Waals surface area contributed by atoms with Crippen LogP contribution in [0, 0.1) is 6.92 Å². The van der Waals surface area contributed by atoms with Gasteiger partial charge in [0, 0.05) is 30.8 Å². The second-order valence-electron chi connectivity index (χ2n) is 7.94. The van der Waals surface area contributed by atoms with E-state index in [4.69, 9.17) is 4.74 Å². The fraction of sp³-hybridized carbons (Fsp3) is 0.375. The average Bonchev–Trinajstić information content (AvgIpc) is 2.83. The van der Waals surface area contributed by atoms with Crippen molar-refractivity contribution in [2.45, 2.75) is 43.9 Å². The molecule has 1 fully saturated rings. The molecule has 33 heavy (non-hydrogen) atoms. The number of ether oxygens (including phenoxy) is 1. The summed E-state index contributed by atoms with van der Waals surface area (Å²) in [6.07, 6.45) is 2.53. The number of anilines is 1. The third-order valence-electron chi connectivity index (χ3n) is 5.42. The summed E-state index contributed by atoms with van der Waals surface area (Å²) in [5, 5.41) is 2.56. The number of carbonyl (C=O) groups is 3. The fourth-order valence-electron chi connectivity index (χ4n) is 3.60. The van der Waals surface area contributed by atoms with Gasteiger partial charge in [-0.1, -0.05) is 42.8 Å². The zero-order valence-corrected chi connectivity index (χ0v) is 19.4. The Bertz CT molecular complexity index is 1110. The van der Waals surface area contributed by atoms with Gasteiger partial charge in [0.15, 0.2) is 12.4 Å². The van der Waals surface area contributed by atoms with E-state index in [1.165, 1.54) is 10.4 Å². The Morgan fingerprint density at radius 1 is 0.970 bits per heavy atom. The van der Waals surface area contributed by atoms with Gasteiger partial charge in [-0.3, -0.25) is 14.4 Å². The number of carbonyl (C=O) groups excluding carboxylic acids is 3. The molecule has 9 heteroatoms. The number of nitrogens with zero attached hydrogens (tertiary/aromatic N) is 1. The first-order valence-corrected chi connectivity index (χ1v) is 12.4. The van der Waals surface area contributed by atoms with Crippen molar-refractivity contribution in [3.8, 4) is 0 Å². The molecule has 2 aromatic rings. The molecule has 1 saturated heterocycles. The SMILES string of the molecule is Cc1ccc(NC(=O)COC(=O)CCC(=O)c2ccccc2)cc1S(=O)(=O)N1CCCCC1. The van der Waals surface area contributed by atoms with Gasteiger partial charge in [0.1, 0.15) is 0 Å². The first kappa shape index (κ1) is 24.6. The minimum atomic E-state index is -3.65. The Balaban J connectivity index is 1.52. The Labute approximate surface area is 194 Å². The van der Waals surface area contributed by atoms with E-state index in [1.807, 2.05) is 0 Å². The van der Waals surface area contributed by atoms with E-state index in [1.54, 1.807) is 49.4 Å². The van der Waals surface area contributed by atoms with Crippen molar-refractivity contribution in [1.82, 2.24) is 4.31 Å². The highest BCUT2D eigenvalue weighted by Gasteiger charge is 2.27. The first-order chi connectivity index (χ1) is 15.8. The molecule has 3 rings (SSSR count). The normalized spacial score (nSPS) is 14.5. The van der Waals surface area contributed by atoms with Crippen LogP contribution in [0.15, 0.2) is 53.4 Å². The lowest BCUT2D eigenvalue weighted by atomic mass is 10.1. The number of rotatable bonds is 9. The highest BCUT2D eigenvalue weighted by atomic mass is 32.2. The number of esters is 1. The van der Waals surface area contributed by atoms with Gasteiger partial charge in [-0.15, -0.1) is 0 Å². The van der Waals surface area contributed by atoms with Crippen molar-refractivity contribution in [2.24, 2.45) is 0 Å². The number of sulfonamides is 1. The molecule has 0 spiro atoms. The van der Waals surface area contributed by atoms with Gasteiger partial charge in [-0.25, -0.2) is 8.42 Å². The van der Waals surface area contributed by atoms with Crippen molar-refractivity contribution < 1.29 is 27.5 Å². The van der Waals surface area contributed by atoms with E-state index in [9.17, 15) is 22.8 Å². The lowest BCUT2D eigenvalue weighted by Crippen LogP contribution is -2.36. The lowest BCUT2D eigenvalue weighted by Gasteiger charge is -2.26. The van der Waals surface area contributed by atoms with Gasteiger partial charge >= 0.3 is 5.97 Å². The van der Waals surface area contributed by atoms with Crippen molar-refractivity contribution in [1.29, 1.82) is 0 Å². The van der Waals surface area contributed by atoms with Gasteiger partial charge in [0.2, 0.25) is 10.0 Å². The molecule has 0 radical (unpaired) electrons. The third-order valence-corrected chi connectivity index (χ3v) is 7.46. The molecule has 2 aromatic carbocycles. The van der Waals surface area contributed by atoms with Gasteiger partial charge < -0.3 is 10.1 Å². The number of nitrogens with one attached hydrogen (secondary N) is 1. The van der Waals surface area contributed by atoms with Crippen LogP contribution in [0.4, 0.5) is 5.69 Å². The zero-order chi connectivity index (χ0) is 23.8. The molecule has 8 nitrogen and oxygen atoms in total. The smallest absolute Gasteiger partial charge is 0.306 e. The molecular weight excluding hydrogens is 444 g/mol. The Kier molecular flexibility index (Phi) is 8.35. The summed E-state index contributed by atoms with van der Waals surface area (Å²) >= 11 is 0. The molecule has 176 valence electrons. The zero-order valence-electron chi connectivity index (χ0n) is 18.6. The maximum atomic E-state index is 13.0. The minimum absolute atomic E-state index is 0.0137. The molecule has 0 unspecified atom stereocenters. The number of hydrogen-bond acceptors (Lipinski definition) is 6. The molecule has 1 aliphatic rings. The van der Waals surface area contributed by atoms with E-state index < -0.39 is 28.5 Å². The predicted octanol–water partition coefficient (Wildman–Crippen LogP) is 3.31. The predicted molar refractivity (Wildman–Crippen MR) is 123 cm³/mol. The molecule has 0 aromatic heterocycles. The topological polar surface area (TPSA) is 110 Å². The largest absolute Gasteiger partial charge is 0.456 e. The summed E-state index contributed by atoms with van der Waals surface area (Å²) in [6, 6.07) is 13.3. The second kappa shape index (κ2) is 11.2. The van der Waals surface area contributed by atoms with Gasteiger partial charge in [0.25, 0.3) is 5.91 Å². The van der Waals surface area contributed by atoms with E-state index in [0.717, 1.165) is 19.3 Å². The van der Waals surface area contributed by atoms with Crippen molar-refractivity contribution in [3.05, 3.63) is 59.7 Å². The first-order valence-electron chi connectivity index (χ1n) is 10.9. The molecule has 0 saturated carbocycles. The summed E-state index contributed by atoms with van der Waals surface area (Å²) < 4.78 is 32.4. The monoisotopic (exact) mass is 472 g/mol. The molecule has 0 bridgehead atoms. The number of aryl methyl sites for hydroxylation is 1. The van der Waals surface area contributed by atoms with E-state index in [0.29, 0.717) is 29.9 Å². The summed E-state index contributed by atoms with van der Waals surface area (Å²) in [6.45, 7) is 2.16. The molecule has 1 N–H and O–H groups in total. The highest BCUT2D eigenvalue weighted by molar-refractivity contribution is 7.89. The maximum absolute atomic E-state index is 13.0. The molecule has 1 aliphatic heterocycles.